The van der Waals surface area contributed by atoms with Crippen molar-refractivity contribution >= 4 is 17.6 Å². The van der Waals surface area contributed by atoms with Gasteiger partial charge in [-0.15, -0.1) is 0 Å². The first kappa shape index (κ1) is 26.1. The first-order valence-corrected chi connectivity index (χ1v) is 12.3. The number of rotatable bonds is 5. The summed E-state index contributed by atoms with van der Waals surface area (Å²) in [6, 6.07) is 2.23. The van der Waals surface area contributed by atoms with Crippen molar-refractivity contribution in [2.24, 2.45) is 5.92 Å². The number of aliphatic hydroxyl groups is 1. The van der Waals surface area contributed by atoms with Gasteiger partial charge in [0.15, 0.2) is 5.78 Å². The molecule has 1 aromatic rings. The van der Waals surface area contributed by atoms with Gasteiger partial charge in [0.25, 0.3) is 5.91 Å². The number of aliphatic hydroxyl groups excluding tert-OH is 1. The van der Waals surface area contributed by atoms with E-state index in [1.54, 1.807) is 12.1 Å². The van der Waals surface area contributed by atoms with Crippen LogP contribution in [0.5, 0.6) is 0 Å². The van der Waals surface area contributed by atoms with Crippen LogP contribution in [0.3, 0.4) is 0 Å². The van der Waals surface area contributed by atoms with Crippen LogP contribution in [-0.2, 0) is 4.79 Å². The van der Waals surface area contributed by atoms with Gasteiger partial charge in [-0.05, 0) is 37.3 Å². The minimum absolute atomic E-state index is 0.0129. The molecule has 2 atom stereocenters. The third-order valence-corrected chi connectivity index (χ3v) is 6.07. The average Bonchev–Trinajstić information content (AvgIpc) is 3.25. The summed E-state index contributed by atoms with van der Waals surface area (Å²) in [6.45, 7) is 3.95. The lowest BCUT2D eigenvalue weighted by molar-refractivity contribution is -0.124. The quantitative estimate of drug-likeness (QED) is 0.544. The lowest BCUT2D eigenvalue weighted by Gasteiger charge is -2.23. The second-order valence-corrected chi connectivity index (χ2v) is 9.47. The number of nitrogens with one attached hydrogen (secondary N) is 3. The zero-order valence-corrected chi connectivity index (χ0v) is 19.8. The molecule has 0 saturated carbocycles. The summed E-state index contributed by atoms with van der Waals surface area (Å²) in [6.07, 6.45) is 11.3. The highest BCUT2D eigenvalue weighted by atomic mass is 16.3. The summed E-state index contributed by atoms with van der Waals surface area (Å²) in [4.78, 5) is 41.1. The molecule has 0 aromatic carbocycles. The van der Waals surface area contributed by atoms with E-state index >= 15 is 0 Å². The molecule has 2 bridgehead atoms. The zero-order chi connectivity index (χ0) is 23.3. The van der Waals surface area contributed by atoms with Crippen molar-refractivity contribution in [3.05, 3.63) is 23.5 Å². The standard InChI is InChI=1S/C25H41N3O4/c1-18(2)16-19(17-29)26-24(31)21-12-10-8-6-4-3-5-7-9-11-13-23(30)20-14-15-22(27-20)25(32)28-21/h14-15,18-19,21,27,29H,3-13,16-17H2,1-2H3,(H,26,31)(H,28,32). The van der Waals surface area contributed by atoms with Crippen LogP contribution in [0.15, 0.2) is 12.1 Å². The zero-order valence-electron chi connectivity index (χ0n) is 19.8. The van der Waals surface area contributed by atoms with Gasteiger partial charge in [0.2, 0.25) is 5.91 Å². The van der Waals surface area contributed by atoms with Gasteiger partial charge >= 0.3 is 0 Å². The summed E-state index contributed by atoms with van der Waals surface area (Å²) < 4.78 is 0. The van der Waals surface area contributed by atoms with Crippen molar-refractivity contribution in [3.63, 3.8) is 0 Å². The van der Waals surface area contributed by atoms with Crippen molar-refractivity contribution in [1.29, 1.82) is 0 Å². The molecule has 0 aliphatic carbocycles. The highest BCUT2D eigenvalue weighted by Gasteiger charge is 2.24. The molecule has 2 heterocycles. The summed E-state index contributed by atoms with van der Waals surface area (Å²) in [5, 5.41) is 15.4. The lowest BCUT2D eigenvalue weighted by atomic mass is 10.0. The third kappa shape index (κ3) is 9.15. The minimum atomic E-state index is -0.676. The topological polar surface area (TPSA) is 111 Å². The Kier molecular flexibility index (Phi) is 11.5. The number of hydrogen-bond acceptors (Lipinski definition) is 4. The summed E-state index contributed by atoms with van der Waals surface area (Å²) in [5.74, 6) is -0.314. The van der Waals surface area contributed by atoms with E-state index in [4.69, 9.17) is 0 Å². The smallest absolute Gasteiger partial charge is 0.268 e. The Morgan fingerprint density at radius 1 is 1.00 bits per heavy atom. The van der Waals surface area contributed by atoms with E-state index in [-0.39, 0.29) is 30.0 Å². The van der Waals surface area contributed by atoms with Gasteiger partial charge in [-0.3, -0.25) is 14.4 Å². The van der Waals surface area contributed by atoms with E-state index in [9.17, 15) is 19.5 Å². The molecule has 180 valence electrons. The van der Waals surface area contributed by atoms with Crippen LogP contribution in [0, 0.1) is 5.92 Å². The number of H-pyrrole nitrogens is 1. The molecule has 1 aliphatic rings. The molecule has 2 amide bonds. The molecule has 0 spiro atoms. The number of ketones is 1. The van der Waals surface area contributed by atoms with Crippen molar-refractivity contribution in [1.82, 2.24) is 15.6 Å². The first-order chi connectivity index (χ1) is 15.4. The first-order valence-electron chi connectivity index (χ1n) is 12.3. The van der Waals surface area contributed by atoms with Crippen LogP contribution >= 0.6 is 0 Å². The predicted octanol–water partition coefficient (Wildman–Crippen LogP) is 4.12. The van der Waals surface area contributed by atoms with Gasteiger partial charge in [-0.2, -0.15) is 0 Å². The molecule has 2 rings (SSSR count). The van der Waals surface area contributed by atoms with Gasteiger partial charge in [-0.25, -0.2) is 0 Å². The fourth-order valence-electron chi connectivity index (χ4n) is 4.25. The molecule has 0 radical (unpaired) electrons. The van der Waals surface area contributed by atoms with Gasteiger partial charge in [0.1, 0.15) is 11.7 Å². The second kappa shape index (κ2) is 14.1. The normalized spacial score (nSPS) is 20.8. The van der Waals surface area contributed by atoms with Gasteiger partial charge in [0, 0.05) is 6.42 Å². The van der Waals surface area contributed by atoms with Crippen molar-refractivity contribution in [3.8, 4) is 0 Å². The van der Waals surface area contributed by atoms with Crippen LogP contribution in [0.1, 0.15) is 112 Å². The molecule has 2 unspecified atom stereocenters. The number of hydrogen-bond donors (Lipinski definition) is 4. The fourth-order valence-corrected chi connectivity index (χ4v) is 4.25. The molecular weight excluding hydrogens is 406 g/mol. The highest BCUT2D eigenvalue weighted by molar-refractivity contribution is 5.99. The average molecular weight is 448 g/mol. The maximum Gasteiger partial charge on any atom is 0.268 e. The Bertz CT molecular complexity index is 729. The van der Waals surface area contributed by atoms with Crippen molar-refractivity contribution in [2.45, 2.75) is 103 Å². The number of aromatic amines is 1. The van der Waals surface area contributed by atoms with Crippen molar-refractivity contribution < 1.29 is 19.5 Å². The van der Waals surface area contributed by atoms with E-state index in [1.807, 2.05) is 13.8 Å². The van der Waals surface area contributed by atoms with Crippen LogP contribution in [0.25, 0.3) is 0 Å². The number of amides is 2. The van der Waals surface area contributed by atoms with Crippen LogP contribution in [-0.4, -0.2) is 46.4 Å². The largest absolute Gasteiger partial charge is 0.394 e. The minimum Gasteiger partial charge on any atom is -0.394 e. The maximum atomic E-state index is 12.9. The van der Waals surface area contributed by atoms with E-state index in [2.05, 4.69) is 15.6 Å². The molecular formula is C25H41N3O4. The Morgan fingerprint density at radius 3 is 2.22 bits per heavy atom. The molecule has 1 aromatic heterocycles. The predicted molar refractivity (Wildman–Crippen MR) is 126 cm³/mol. The Morgan fingerprint density at radius 2 is 1.59 bits per heavy atom. The van der Waals surface area contributed by atoms with Gasteiger partial charge < -0.3 is 20.7 Å². The monoisotopic (exact) mass is 447 g/mol. The summed E-state index contributed by atoms with van der Waals surface area (Å²) in [5.41, 5.74) is 0.725. The number of fused-ring (bicyclic) bond motifs is 2. The SMILES string of the molecule is CC(C)CC(CO)NC(=O)C1CCCCCCCCCCCC(=O)c2ccc([nH]2)C(=O)N1. The van der Waals surface area contributed by atoms with Crippen LogP contribution in [0.2, 0.25) is 0 Å². The van der Waals surface area contributed by atoms with Crippen LogP contribution < -0.4 is 10.6 Å². The lowest BCUT2D eigenvalue weighted by Crippen LogP contribution is -2.50. The van der Waals surface area contributed by atoms with Gasteiger partial charge in [-0.1, -0.05) is 65.2 Å². The maximum absolute atomic E-state index is 12.9. The van der Waals surface area contributed by atoms with E-state index < -0.39 is 11.9 Å². The Hall–Kier alpha value is -2.15. The molecule has 0 fully saturated rings. The number of carbonyl (C=O) groups excluding carboxylic acids is 3. The second-order valence-electron chi connectivity index (χ2n) is 9.47. The highest BCUT2D eigenvalue weighted by Crippen LogP contribution is 2.15. The summed E-state index contributed by atoms with van der Waals surface area (Å²) in [7, 11) is 0. The fraction of sp³-hybridized carbons (Fsp3) is 0.720. The number of Topliss-reactive ketones (excluding diaryl/α,β-unsaturated/α-hetero) is 1. The molecule has 4 N–H and O–H groups in total. The van der Waals surface area contributed by atoms with Crippen LogP contribution in [0.4, 0.5) is 0 Å². The van der Waals surface area contributed by atoms with E-state index in [0.29, 0.717) is 30.9 Å². The third-order valence-electron chi connectivity index (χ3n) is 6.07. The molecule has 7 heteroatoms. The number of aromatic nitrogens is 1. The van der Waals surface area contributed by atoms with E-state index in [0.717, 1.165) is 38.5 Å². The molecule has 1 aliphatic heterocycles. The van der Waals surface area contributed by atoms with E-state index in [1.165, 1.54) is 19.3 Å². The van der Waals surface area contributed by atoms with Gasteiger partial charge in [0.05, 0.1) is 18.3 Å². The Balaban J connectivity index is 2.09. The van der Waals surface area contributed by atoms with Crippen molar-refractivity contribution in [2.75, 3.05) is 6.61 Å². The number of carbonyl (C=O) groups is 3. The molecule has 7 nitrogen and oxygen atoms in total. The summed E-state index contributed by atoms with van der Waals surface area (Å²) >= 11 is 0. The molecule has 32 heavy (non-hydrogen) atoms. The molecule has 0 saturated heterocycles. The Labute approximate surface area is 192 Å².